The molecule has 0 radical (unpaired) electrons. The van der Waals surface area contributed by atoms with Gasteiger partial charge in [-0.25, -0.2) is 18.0 Å². The first-order chi connectivity index (χ1) is 15.0. The summed E-state index contributed by atoms with van der Waals surface area (Å²) < 4.78 is 46.6. The fourth-order valence-corrected chi connectivity index (χ4v) is 4.75. The van der Waals surface area contributed by atoms with Crippen molar-refractivity contribution in [3.63, 3.8) is 0 Å². The van der Waals surface area contributed by atoms with Gasteiger partial charge in [0.15, 0.2) is 0 Å². The summed E-state index contributed by atoms with van der Waals surface area (Å²) in [6.45, 7) is 0.754. The minimum Gasteiger partial charge on any atom is -0.497 e. The standard InChI is InChI=1S/C19H22N2O9S2/c1-10(21-32(25,26)12-7-5-11(27-2)6-8-12)17(22)30-9-13-14(18(23)28-3)16(20)31-15(13)19(24)29-4/h5-8,10,21H,9,20H2,1-4H3/t10-/m0/s1. The second kappa shape index (κ2) is 10.4. The molecule has 3 N–H and O–H groups in total. The lowest BCUT2D eigenvalue weighted by Crippen LogP contribution is -2.39. The van der Waals surface area contributed by atoms with Gasteiger partial charge in [-0.2, -0.15) is 4.72 Å². The molecule has 0 aliphatic rings. The molecule has 2 aromatic rings. The summed E-state index contributed by atoms with van der Waals surface area (Å²) >= 11 is 0.777. The zero-order valence-electron chi connectivity index (χ0n) is 17.7. The number of nitrogens with one attached hydrogen (secondary N) is 1. The second-order valence-electron chi connectivity index (χ2n) is 6.26. The Bertz CT molecular complexity index is 1110. The Morgan fingerprint density at radius 3 is 2.19 bits per heavy atom. The minimum atomic E-state index is -4.03. The Kier molecular flexibility index (Phi) is 8.19. The number of rotatable bonds is 9. The number of carbonyl (C=O) groups excluding carboxylic acids is 3. The van der Waals surface area contributed by atoms with Crippen LogP contribution in [0.4, 0.5) is 5.00 Å². The van der Waals surface area contributed by atoms with Crippen LogP contribution in [0.15, 0.2) is 29.2 Å². The van der Waals surface area contributed by atoms with E-state index in [0.717, 1.165) is 25.6 Å². The van der Waals surface area contributed by atoms with Crippen molar-refractivity contribution in [1.82, 2.24) is 4.72 Å². The Morgan fingerprint density at radius 1 is 1.06 bits per heavy atom. The number of anilines is 1. The van der Waals surface area contributed by atoms with Gasteiger partial charge in [0.25, 0.3) is 0 Å². The van der Waals surface area contributed by atoms with E-state index in [2.05, 4.69) is 14.2 Å². The number of hydrogen-bond acceptors (Lipinski definition) is 11. The molecule has 1 heterocycles. The molecule has 0 spiro atoms. The van der Waals surface area contributed by atoms with Crippen molar-refractivity contribution in [3.05, 3.63) is 40.3 Å². The minimum absolute atomic E-state index is 0.00441. The van der Waals surface area contributed by atoms with Gasteiger partial charge in [0.1, 0.15) is 33.8 Å². The molecule has 11 nitrogen and oxygen atoms in total. The number of sulfonamides is 1. The van der Waals surface area contributed by atoms with Crippen LogP contribution in [0.2, 0.25) is 0 Å². The molecule has 0 amide bonds. The van der Waals surface area contributed by atoms with Crippen molar-refractivity contribution in [2.45, 2.75) is 24.5 Å². The number of methoxy groups -OCH3 is 3. The Labute approximate surface area is 188 Å². The van der Waals surface area contributed by atoms with Gasteiger partial charge >= 0.3 is 17.9 Å². The molecule has 1 aromatic carbocycles. The predicted octanol–water partition coefficient (Wildman–Crippen LogP) is 1.32. The van der Waals surface area contributed by atoms with Crippen LogP contribution in [0, 0.1) is 0 Å². The molecule has 0 aliphatic carbocycles. The second-order valence-corrected chi connectivity index (χ2v) is 9.02. The maximum atomic E-state index is 12.5. The number of benzene rings is 1. The number of carbonyl (C=O) groups is 3. The van der Waals surface area contributed by atoms with Gasteiger partial charge in [0.05, 0.1) is 26.2 Å². The van der Waals surface area contributed by atoms with Gasteiger partial charge in [-0.1, -0.05) is 0 Å². The van der Waals surface area contributed by atoms with E-state index >= 15 is 0 Å². The zero-order chi connectivity index (χ0) is 24.1. The van der Waals surface area contributed by atoms with E-state index in [1.165, 1.54) is 38.3 Å². The number of thiophene rings is 1. The molecule has 0 bridgehead atoms. The monoisotopic (exact) mass is 486 g/mol. The van der Waals surface area contributed by atoms with Crippen LogP contribution >= 0.6 is 11.3 Å². The van der Waals surface area contributed by atoms with Crippen molar-refractivity contribution >= 4 is 44.3 Å². The molecule has 0 fully saturated rings. The highest BCUT2D eigenvalue weighted by Gasteiger charge is 2.29. The van der Waals surface area contributed by atoms with Crippen molar-refractivity contribution < 1.29 is 41.7 Å². The van der Waals surface area contributed by atoms with Gasteiger partial charge in [-0.15, -0.1) is 11.3 Å². The van der Waals surface area contributed by atoms with E-state index < -0.39 is 40.6 Å². The summed E-state index contributed by atoms with van der Waals surface area (Å²) in [5.41, 5.74) is 5.69. The van der Waals surface area contributed by atoms with Gasteiger partial charge < -0.3 is 24.7 Å². The van der Waals surface area contributed by atoms with Crippen LogP contribution in [-0.4, -0.2) is 53.7 Å². The van der Waals surface area contributed by atoms with Crippen LogP contribution < -0.4 is 15.2 Å². The molecular weight excluding hydrogens is 464 g/mol. The smallest absolute Gasteiger partial charge is 0.348 e. The number of nitrogens with two attached hydrogens (primary N) is 1. The fourth-order valence-electron chi connectivity index (χ4n) is 2.58. The maximum absolute atomic E-state index is 12.5. The summed E-state index contributed by atoms with van der Waals surface area (Å²) in [4.78, 5) is 36.4. The lowest BCUT2D eigenvalue weighted by molar-refractivity contribution is -0.146. The first-order valence-corrected chi connectivity index (χ1v) is 11.3. The third kappa shape index (κ3) is 5.55. The molecule has 1 atom stereocenters. The van der Waals surface area contributed by atoms with E-state index in [-0.39, 0.29) is 25.9 Å². The molecule has 2 rings (SSSR count). The highest BCUT2D eigenvalue weighted by atomic mass is 32.2. The molecule has 174 valence electrons. The van der Waals surface area contributed by atoms with Gasteiger partial charge in [0, 0.05) is 5.56 Å². The Balaban J connectivity index is 2.17. The van der Waals surface area contributed by atoms with E-state index in [9.17, 15) is 22.8 Å². The molecule has 1 aromatic heterocycles. The largest absolute Gasteiger partial charge is 0.497 e. The zero-order valence-corrected chi connectivity index (χ0v) is 19.3. The number of hydrogen-bond donors (Lipinski definition) is 2. The molecule has 0 aliphatic heterocycles. The van der Waals surface area contributed by atoms with Crippen LogP contribution in [0.5, 0.6) is 5.75 Å². The summed E-state index contributed by atoms with van der Waals surface area (Å²) in [6.07, 6.45) is 0. The molecule has 0 unspecified atom stereocenters. The molecule has 32 heavy (non-hydrogen) atoms. The van der Waals surface area contributed by atoms with Crippen molar-refractivity contribution in [2.24, 2.45) is 0 Å². The lowest BCUT2D eigenvalue weighted by atomic mass is 10.1. The predicted molar refractivity (Wildman–Crippen MR) is 114 cm³/mol. The lowest BCUT2D eigenvalue weighted by Gasteiger charge is -2.14. The third-order valence-corrected chi connectivity index (χ3v) is 6.81. The number of ether oxygens (including phenoxy) is 4. The van der Waals surface area contributed by atoms with Crippen molar-refractivity contribution in [2.75, 3.05) is 27.1 Å². The topological polar surface area (TPSA) is 160 Å². The first-order valence-electron chi connectivity index (χ1n) is 8.96. The highest BCUT2D eigenvalue weighted by Crippen LogP contribution is 2.33. The normalized spacial score (nSPS) is 12.0. The third-order valence-electron chi connectivity index (χ3n) is 4.21. The first kappa shape index (κ1) is 25.1. The summed E-state index contributed by atoms with van der Waals surface area (Å²) in [5, 5.41) is -0.0171. The quantitative estimate of drug-likeness (QED) is 0.391. The van der Waals surface area contributed by atoms with Crippen LogP contribution in [-0.2, 0) is 35.6 Å². The summed E-state index contributed by atoms with van der Waals surface area (Å²) in [5.74, 6) is -2.09. The number of nitrogen functional groups attached to an aromatic ring is 1. The molecule has 13 heteroatoms. The van der Waals surface area contributed by atoms with E-state index in [4.69, 9.17) is 15.2 Å². The van der Waals surface area contributed by atoms with Gasteiger partial charge in [0.2, 0.25) is 10.0 Å². The van der Waals surface area contributed by atoms with Crippen molar-refractivity contribution in [1.29, 1.82) is 0 Å². The summed E-state index contributed by atoms with van der Waals surface area (Å²) in [6, 6.07) is 4.28. The van der Waals surface area contributed by atoms with E-state index in [0.29, 0.717) is 5.75 Å². The van der Waals surface area contributed by atoms with E-state index in [1.54, 1.807) is 0 Å². The average molecular weight is 487 g/mol. The van der Waals surface area contributed by atoms with E-state index in [1.807, 2.05) is 0 Å². The Hall–Kier alpha value is -3.16. The van der Waals surface area contributed by atoms with Crippen LogP contribution in [0.1, 0.15) is 32.5 Å². The highest BCUT2D eigenvalue weighted by molar-refractivity contribution is 7.89. The van der Waals surface area contributed by atoms with Crippen LogP contribution in [0.3, 0.4) is 0 Å². The summed E-state index contributed by atoms with van der Waals surface area (Å²) in [7, 11) is -0.321. The molecule has 0 saturated heterocycles. The molecule has 0 saturated carbocycles. The average Bonchev–Trinajstić information content (AvgIpc) is 3.11. The van der Waals surface area contributed by atoms with Gasteiger partial charge in [-0.3, -0.25) is 4.79 Å². The van der Waals surface area contributed by atoms with Crippen molar-refractivity contribution in [3.8, 4) is 5.75 Å². The SMILES string of the molecule is COC(=O)c1sc(N)c(C(=O)OC)c1COC(=O)[C@H](C)NS(=O)(=O)c1ccc(OC)cc1. The van der Waals surface area contributed by atoms with Gasteiger partial charge in [-0.05, 0) is 31.2 Å². The maximum Gasteiger partial charge on any atom is 0.348 e. The number of esters is 3. The Morgan fingerprint density at radius 2 is 1.66 bits per heavy atom. The molecular formula is C19H22N2O9S2. The fraction of sp³-hybridized carbons (Fsp3) is 0.316. The van der Waals surface area contributed by atoms with Crippen LogP contribution in [0.25, 0.3) is 0 Å².